The van der Waals surface area contributed by atoms with Crippen molar-refractivity contribution in [3.63, 3.8) is 0 Å². The fourth-order valence-electron chi connectivity index (χ4n) is 1.89. The van der Waals surface area contributed by atoms with Crippen molar-refractivity contribution in [3.8, 4) is 0 Å². The number of aliphatic carboxylic acids is 1. The summed E-state index contributed by atoms with van der Waals surface area (Å²) >= 11 is 1.32. The average molecular weight is 309 g/mol. The van der Waals surface area contributed by atoms with Crippen LogP contribution < -0.4 is 5.32 Å². The fraction of sp³-hybridized carbons (Fsp3) is 0.385. The molecule has 8 heteroatoms. The Bertz CT molecular complexity index is 700. The third kappa shape index (κ3) is 2.80. The number of benzene rings is 1. The summed E-state index contributed by atoms with van der Waals surface area (Å²) in [7, 11) is 0. The molecule has 1 atom stereocenters. The molecule has 1 aromatic carbocycles. The fourth-order valence-corrected chi connectivity index (χ4v) is 2.57. The van der Waals surface area contributed by atoms with Gasteiger partial charge in [-0.25, -0.2) is 4.98 Å². The summed E-state index contributed by atoms with van der Waals surface area (Å²) < 4.78 is 0.726. The predicted octanol–water partition coefficient (Wildman–Crippen LogP) is 3.12. The Kier molecular flexibility index (Phi) is 4.08. The van der Waals surface area contributed by atoms with E-state index >= 15 is 0 Å². The van der Waals surface area contributed by atoms with E-state index in [0.29, 0.717) is 17.6 Å². The Hall–Kier alpha value is -2.22. The molecule has 0 saturated heterocycles. The monoisotopic (exact) mass is 309 g/mol. The van der Waals surface area contributed by atoms with E-state index in [1.165, 1.54) is 11.3 Å². The molecular weight excluding hydrogens is 294 g/mol. The number of nitrogens with zero attached hydrogens (tertiary/aromatic N) is 2. The minimum Gasteiger partial charge on any atom is -0.481 e. The minimum absolute atomic E-state index is 0.106. The van der Waals surface area contributed by atoms with Gasteiger partial charge in [-0.3, -0.25) is 14.9 Å². The molecule has 2 rings (SSSR count). The summed E-state index contributed by atoms with van der Waals surface area (Å²) in [5.74, 6) is -0.935. The first-order valence-electron chi connectivity index (χ1n) is 6.37. The van der Waals surface area contributed by atoms with Crippen molar-refractivity contribution in [1.82, 2.24) is 4.98 Å². The van der Waals surface area contributed by atoms with Gasteiger partial charge in [-0.2, -0.15) is 0 Å². The van der Waals surface area contributed by atoms with Crippen molar-refractivity contribution in [1.29, 1.82) is 0 Å². The SMILES string of the molecule is CCC(C)(CNc1ccc2scnc2c1[N+](=O)[O-])C(=O)O. The number of anilines is 1. The van der Waals surface area contributed by atoms with Crippen LogP contribution in [0.5, 0.6) is 0 Å². The van der Waals surface area contributed by atoms with Crippen molar-refractivity contribution in [2.45, 2.75) is 20.3 Å². The Labute approximate surface area is 124 Å². The van der Waals surface area contributed by atoms with Gasteiger partial charge in [-0.05, 0) is 25.5 Å². The third-order valence-electron chi connectivity index (χ3n) is 3.62. The minimum atomic E-state index is -0.981. The summed E-state index contributed by atoms with van der Waals surface area (Å²) in [4.78, 5) is 26.1. The van der Waals surface area contributed by atoms with Gasteiger partial charge in [0.15, 0.2) is 5.52 Å². The first-order chi connectivity index (χ1) is 9.89. The second-order valence-corrected chi connectivity index (χ2v) is 5.88. The maximum absolute atomic E-state index is 11.3. The molecule has 1 aromatic heterocycles. The van der Waals surface area contributed by atoms with Gasteiger partial charge in [0.25, 0.3) is 0 Å². The van der Waals surface area contributed by atoms with Gasteiger partial charge in [-0.15, -0.1) is 11.3 Å². The van der Waals surface area contributed by atoms with Crippen molar-refractivity contribution in [2.24, 2.45) is 5.41 Å². The summed E-state index contributed by atoms with van der Waals surface area (Å²) in [5, 5.41) is 23.4. The number of fused-ring (bicyclic) bond motifs is 1. The number of hydrogen-bond acceptors (Lipinski definition) is 6. The zero-order valence-electron chi connectivity index (χ0n) is 11.6. The zero-order chi connectivity index (χ0) is 15.6. The van der Waals surface area contributed by atoms with E-state index in [-0.39, 0.29) is 12.2 Å². The molecule has 7 nitrogen and oxygen atoms in total. The molecule has 0 bridgehead atoms. The number of carbonyl (C=O) groups is 1. The van der Waals surface area contributed by atoms with Gasteiger partial charge in [0.2, 0.25) is 0 Å². The van der Waals surface area contributed by atoms with Crippen molar-refractivity contribution < 1.29 is 14.8 Å². The molecule has 0 spiro atoms. The Morgan fingerprint density at radius 3 is 2.86 bits per heavy atom. The van der Waals surface area contributed by atoms with E-state index in [1.54, 1.807) is 31.5 Å². The maximum atomic E-state index is 11.3. The van der Waals surface area contributed by atoms with Gasteiger partial charge < -0.3 is 10.4 Å². The molecule has 0 saturated carbocycles. The third-order valence-corrected chi connectivity index (χ3v) is 4.42. The molecule has 1 unspecified atom stereocenters. The number of carboxylic acids is 1. The maximum Gasteiger partial charge on any atom is 0.319 e. The van der Waals surface area contributed by atoms with E-state index in [1.807, 2.05) is 0 Å². The first-order valence-corrected chi connectivity index (χ1v) is 7.25. The normalized spacial score (nSPS) is 13.8. The second-order valence-electron chi connectivity index (χ2n) is 4.99. The molecule has 0 radical (unpaired) electrons. The molecule has 21 heavy (non-hydrogen) atoms. The molecule has 1 heterocycles. The number of nitro groups is 1. The highest BCUT2D eigenvalue weighted by Crippen LogP contribution is 2.35. The number of carboxylic acid groups (broad SMARTS) is 1. The smallest absolute Gasteiger partial charge is 0.319 e. The summed E-state index contributed by atoms with van der Waals surface area (Å²) in [6.45, 7) is 3.48. The van der Waals surface area contributed by atoms with Gasteiger partial charge in [0.1, 0.15) is 5.69 Å². The van der Waals surface area contributed by atoms with Crippen LogP contribution in [0.1, 0.15) is 20.3 Å². The van der Waals surface area contributed by atoms with E-state index in [4.69, 9.17) is 0 Å². The molecule has 0 aliphatic rings. The van der Waals surface area contributed by atoms with Crippen LogP contribution >= 0.6 is 11.3 Å². The highest BCUT2D eigenvalue weighted by Gasteiger charge is 2.32. The van der Waals surface area contributed by atoms with E-state index in [2.05, 4.69) is 10.3 Å². The number of nitrogens with one attached hydrogen (secondary N) is 1. The zero-order valence-corrected chi connectivity index (χ0v) is 12.4. The van der Waals surface area contributed by atoms with Gasteiger partial charge in [0.05, 0.1) is 20.5 Å². The molecule has 0 aliphatic heterocycles. The van der Waals surface area contributed by atoms with Crippen LogP contribution in [0.2, 0.25) is 0 Å². The van der Waals surface area contributed by atoms with Crippen LogP contribution in [0.4, 0.5) is 11.4 Å². The number of aromatic nitrogens is 1. The molecule has 0 amide bonds. The van der Waals surface area contributed by atoms with E-state index in [9.17, 15) is 20.0 Å². The van der Waals surface area contributed by atoms with Crippen LogP contribution in [-0.4, -0.2) is 27.5 Å². The lowest BCUT2D eigenvalue weighted by molar-refractivity contribution is -0.382. The Balaban J connectivity index is 2.36. The molecule has 2 aromatic rings. The molecule has 2 N–H and O–H groups in total. The second kappa shape index (κ2) is 5.65. The predicted molar refractivity (Wildman–Crippen MR) is 80.8 cm³/mol. The Morgan fingerprint density at radius 1 is 1.57 bits per heavy atom. The van der Waals surface area contributed by atoms with Crippen molar-refractivity contribution in [2.75, 3.05) is 11.9 Å². The molecule has 112 valence electrons. The lowest BCUT2D eigenvalue weighted by Crippen LogP contribution is -2.34. The number of thiazole rings is 1. The molecular formula is C13H15N3O4S. The van der Waals surface area contributed by atoms with E-state index in [0.717, 1.165) is 4.70 Å². The number of nitro benzene ring substituents is 1. The highest BCUT2D eigenvalue weighted by molar-refractivity contribution is 7.16. The van der Waals surface area contributed by atoms with Crippen molar-refractivity contribution in [3.05, 3.63) is 27.8 Å². The summed E-state index contributed by atoms with van der Waals surface area (Å²) in [6.07, 6.45) is 0.419. The highest BCUT2D eigenvalue weighted by atomic mass is 32.1. The van der Waals surface area contributed by atoms with Crippen molar-refractivity contribution >= 4 is 38.9 Å². The van der Waals surface area contributed by atoms with Gasteiger partial charge in [0, 0.05) is 6.54 Å². The molecule has 0 aliphatic carbocycles. The van der Waals surface area contributed by atoms with Crippen LogP contribution in [0.3, 0.4) is 0 Å². The quantitative estimate of drug-likeness (QED) is 0.627. The number of hydrogen-bond donors (Lipinski definition) is 2. The lowest BCUT2D eigenvalue weighted by Gasteiger charge is -2.23. The van der Waals surface area contributed by atoms with E-state index < -0.39 is 16.3 Å². The van der Waals surface area contributed by atoms with Crippen LogP contribution in [0.25, 0.3) is 10.2 Å². The van der Waals surface area contributed by atoms with Gasteiger partial charge in [-0.1, -0.05) is 6.92 Å². The number of rotatable bonds is 6. The lowest BCUT2D eigenvalue weighted by atomic mass is 9.87. The standard InChI is InChI=1S/C13H15N3O4S/c1-3-13(2,12(17)18)6-14-8-4-5-9-10(15-7-21-9)11(8)16(19)20/h4-5,7,14H,3,6H2,1-2H3,(H,17,18). The summed E-state index contributed by atoms with van der Waals surface area (Å²) in [5.41, 5.74) is 1.07. The molecule has 0 fully saturated rings. The van der Waals surface area contributed by atoms with Gasteiger partial charge >= 0.3 is 11.7 Å². The average Bonchev–Trinajstić information content (AvgIpc) is 2.91. The van der Waals surface area contributed by atoms with Crippen LogP contribution in [0.15, 0.2) is 17.6 Å². The topological polar surface area (TPSA) is 105 Å². The largest absolute Gasteiger partial charge is 0.481 e. The Morgan fingerprint density at radius 2 is 2.29 bits per heavy atom. The first kappa shape index (κ1) is 15.2. The van der Waals surface area contributed by atoms with Crippen LogP contribution in [-0.2, 0) is 4.79 Å². The van der Waals surface area contributed by atoms with Crippen LogP contribution in [0, 0.1) is 15.5 Å². The summed E-state index contributed by atoms with van der Waals surface area (Å²) in [6, 6.07) is 3.34.